The summed E-state index contributed by atoms with van der Waals surface area (Å²) >= 11 is 0. The van der Waals surface area contributed by atoms with Gasteiger partial charge in [-0.15, -0.1) is 0 Å². The van der Waals surface area contributed by atoms with Crippen molar-refractivity contribution in [3.8, 4) is 11.5 Å². The molecule has 2 nitrogen and oxygen atoms in total. The Morgan fingerprint density at radius 3 is 1.91 bits per heavy atom. The highest BCUT2D eigenvalue weighted by atomic mass is 16.3. The summed E-state index contributed by atoms with van der Waals surface area (Å²) in [4.78, 5) is 0. The van der Waals surface area contributed by atoms with E-state index in [1.54, 1.807) is 18.2 Å². The molecule has 2 heteroatoms. The zero-order chi connectivity index (χ0) is 15.5. The molecule has 0 radical (unpaired) electrons. The van der Waals surface area contributed by atoms with Crippen molar-refractivity contribution in [1.29, 1.82) is 0 Å². The highest BCUT2D eigenvalue weighted by Crippen LogP contribution is 2.34. The monoisotopic (exact) mass is 290 g/mol. The number of aryl methyl sites for hydroxylation is 1. The van der Waals surface area contributed by atoms with Gasteiger partial charge in [-0.25, -0.2) is 0 Å². The first-order chi connectivity index (χ1) is 10.6. The van der Waals surface area contributed by atoms with E-state index in [1.807, 2.05) is 49.4 Å². The first-order valence-corrected chi connectivity index (χ1v) is 7.28. The van der Waals surface area contributed by atoms with Gasteiger partial charge in [0, 0.05) is 5.92 Å². The van der Waals surface area contributed by atoms with Gasteiger partial charge in [0.2, 0.25) is 0 Å². The molecule has 3 aromatic carbocycles. The molecule has 110 valence electrons. The second-order valence-electron chi connectivity index (χ2n) is 5.48. The van der Waals surface area contributed by atoms with E-state index in [2.05, 4.69) is 12.1 Å². The molecule has 0 heterocycles. The van der Waals surface area contributed by atoms with E-state index in [4.69, 9.17) is 0 Å². The van der Waals surface area contributed by atoms with Crippen molar-refractivity contribution in [2.24, 2.45) is 0 Å². The van der Waals surface area contributed by atoms with Gasteiger partial charge in [0.15, 0.2) is 0 Å². The largest absolute Gasteiger partial charge is 0.508 e. The molecule has 0 aromatic heterocycles. The molecule has 0 spiro atoms. The molecular formula is C20H18O2. The molecule has 1 unspecified atom stereocenters. The average molecular weight is 290 g/mol. The smallest absolute Gasteiger partial charge is 0.118 e. The zero-order valence-electron chi connectivity index (χ0n) is 12.4. The van der Waals surface area contributed by atoms with E-state index in [9.17, 15) is 10.2 Å². The topological polar surface area (TPSA) is 40.5 Å². The molecule has 3 aromatic rings. The molecule has 0 saturated carbocycles. The molecule has 3 rings (SSSR count). The Morgan fingerprint density at radius 1 is 0.682 bits per heavy atom. The van der Waals surface area contributed by atoms with E-state index >= 15 is 0 Å². The van der Waals surface area contributed by atoms with Gasteiger partial charge in [-0.2, -0.15) is 0 Å². The number of benzene rings is 3. The van der Waals surface area contributed by atoms with Crippen molar-refractivity contribution in [3.63, 3.8) is 0 Å². The normalized spacial score (nSPS) is 12.0. The van der Waals surface area contributed by atoms with E-state index in [-0.39, 0.29) is 11.7 Å². The van der Waals surface area contributed by atoms with Crippen LogP contribution in [0.4, 0.5) is 0 Å². The Labute approximate surface area is 130 Å². The Morgan fingerprint density at radius 2 is 1.27 bits per heavy atom. The van der Waals surface area contributed by atoms with Crippen LogP contribution in [0.2, 0.25) is 0 Å². The van der Waals surface area contributed by atoms with Crippen LogP contribution in [-0.4, -0.2) is 10.2 Å². The van der Waals surface area contributed by atoms with E-state index < -0.39 is 0 Å². The van der Waals surface area contributed by atoms with Gasteiger partial charge < -0.3 is 10.2 Å². The average Bonchev–Trinajstić information content (AvgIpc) is 2.54. The molecule has 1 atom stereocenters. The number of phenolic OH excluding ortho intramolecular Hbond substituents is 2. The summed E-state index contributed by atoms with van der Waals surface area (Å²) in [5.74, 6) is 0.639. The van der Waals surface area contributed by atoms with Crippen molar-refractivity contribution < 1.29 is 10.2 Å². The molecule has 0 bridgehead atoms. The molecule has 0 aliphatic rings. The van der Waals surface area contributed by atoms with Crippen LogP contribution in [0.1, 0.15) is 28.2 Å². The van der Waals surface area contributed by atoms with Crippen LogP contribution in [-0.2, 0) is 0 Å². The van der Waals surface area contributed by atoms with Gasteiger partial charge in [0.25, 0.3) is 0 Å². The van der Waals surface area contributed by atoms with Crippen LogP contribution in [0.5, 0.6) is 11.5 Å². The summed E-state index contributed by atoms with van der Waals surface area (Å²) in [5, 5.41) is 19.3. The third kappa shape index (κ3) is 2.82. The fourth-order valence-electron chi connectivity index (χ4n) is 2.75. The standard InChI is InChI=1S/C20H18O2/c1-14-13-17(9-12-19(14)22)20(15-5-3-2-4-6-15)16-7-10-18(21)11-8-16/h2-13,20-22H,1H3. The number of phenols is 2. The van der Waals surface area contributed by atoms with Gasteiger partial charge in [-0.1, -0.05) is 54.6 Å². The maximum Gasteiger partial charge on any atom is 0.118 e. The second-order valence-corrected chi connectivity index (χ2v) is 5.48. The number of rotatable bonds is 3. The van der Waals surface area contributed by atoms with E-state index in [1.165, 1.54) is 5.56 Å². The van der Waals surface area contributed by atoms with Crippen LogP contribution in [0.25, 0.3) is 0 Å². The molecule has 0 aliphatic carbocycles. The van der Waals surface area contributed by atoms with Crippen LogP contribution in [0, 0.1) is 6.92 Å². The Bertz CT molecular complexity index is 761. The summed E-state index contributed by atoms with van der Waals surface area (Å²) in [5.41, 5.74) is 4.26. The lowest BCUT2D eigenvalue weighted by Crippen LogP contribution is -2.03. The van der Waals surface area contributed by atoms with Gasteiger partial charge in [-0.3, -0.25) is 0 Å². The molecule has 2 N–H and O–H groups in total. The first-order valence-electron chi connectivity index (χ1n) is 7.28. The highest BCUT2D eigenvalue weighted by Gasteiger charge is 2.17. The van der Waals surface area contributed by atoms with Gasteiger partial charge >= 0.3 is 0 Å². The number of hydrogen-bond donors (Lipinski definition) is 2. The maximum absolute atomic E-state index is 9.77. The molecule has 0 amide bonds. The minimum atomic E-state index is 0.0705. The van der Waals surface area contributed by atoms with Gasteiger partial charge in [-0.05, 0) is 47.4 Å². The lowest BCUT2D eigenvalue weighted by Gasteiger charge is -2.19. The van der Waals surface area contributed by atoms with Crippen LogP contribution >= 0.6 is 0 Å². The molecule has 0 aliphatic heterocycles. The quantitative estimate of drug-likeness (QED) is 0.693. The van der Waals surface area contributed by atoms with E-state index in [0.29, 0.717) is 5.75 Å². The molecular weight excluding hydrogens is 272 g/mol. The van der Waals surface area contributed by atoms with Crippen molar-refractivity contribution in [2.75, 3.05) is 0 Å². The number of aromatic hydroxyl groups is 2. The number of hydrogen-bond acceptors (Lipinski definition) is 2. The van der Waals surface area contributed by atoms with Gasteiger partial charge in [0.05, 0.1) is 0 Å². The fraction of sp³-hybridized carbons (Fsp3) is 0.100. The molecule has 22 heavy (non-hydrogen) atoms. The lowest BCUT2D eigenvalue weighted by atomic mass is 9.84. The van der Waals surface area contributed by atoms with Crippen molar-refractivity contribution >= 4 is 0 Å². The minimum Gasteiger partial charge on any atom is -0.508 e. The van der Waals surface area contributed by atoms with E-state index in [0.717, 1.165) is 16.7 Å². The predicted molar refractivity (Wildman–Crippen MR) is 88.3 cm³/mol. The second kappa shape index (κ2) is 5.94. The van der Waals surface area contributed by atoms with Crippen molar-refractivity contribution in [1.82, 2.24) is 0 Å². The lowest BCUT2D eigenvalue weighted by molar-refractivity contribution is 0.471. The molecule has 0 saturated heterocycles. The Kier molecular flexibility index (Phi) is 3.84. The highest BCUT2D eigenvalue weighted by molar-refractivity contribution is 5.47. The van der Waals surface area contributed by atoms with Crippen LogP contribution in [0.15, 0.2) is 72.8 Å². The van der Waals surface area contributed by atoms with Crippen LogP contribution in [0.3, 0.4) is 0 Å². The molecule has 0 fully saturated rings. The summed E-state index contributed by atoms with van der Waals surface area (Å²) in [7, 11) is 0. The SMILES string of the molecule is Cc1cc(C(c2ccccc2)c2ccc(O)cc2)ccc1O. The third-order valence-corrected chi connectivity index (χ3v) is 3.91. The maximum atomic E-state index is 9.77. The Hall–Kier alpha value is -2.74. The van der Waals surface area contributed by atoms with Crippen molar-refractivity contribution in [3.05, 3.63) is 95.1 Å². The van der Waals surface area contributed by atoms with Crippen molar-refractivity contribution in [2.45, 2.75) is 12.8 Å². The minimum absolute atomic E-state index is 0.0705. The summed E-state index contributed by atoms with van der Waals surface area (Å²) < 4.78 is 0. The first kappa shape index (κ1) is 14.2. The Balaban J connectivity index is 2.14. The summed E-state index contributed by atoms with van der Waals surface area (Å²) in [6.07, 6.45) is 0. The summed E-state index contributed by atoms with van der Waals surface area (Å²) in [6, 6.07) is 23.2. The summed E-state index contributed by atoms with van der Waals surface area (Å²) in [6.45, 7) is 1.90. The predicted octanol–water partition coefficient (Wildman–Crippen LogP) is 4.59. The third-order valence-electron chi connectivity index (χ3n) is 3.91. The van der Waals surface area contributed by atoms with Crippen LogP contribution < -0.4 is 0 Å². The fourth-order valence-corrected chi connectivity index (χ4v) is 2.75. The zero-order valence-corrected chi connectivity index (χ0v) is 12.4. The van der Waals surface area contributed by atoms with Gasteiger partial charge in [0.1, 0.15) is 11.5 Å².